The van der Waals surface area contributed by atoms with Crippen LogP contribution < -0.4 is 15.0 Å². The maximum atomic E-state index is 5.68. The molecule has 5 heterocycles. The molecule has 1 aliphatic heterocycles. The summed E-state index contributed by atoms with van der Waals surface area (Å²) in [6.45, 7) is 4.70. The fourth-order valence-corrected chi connectivity index (χ4v) is 3.57. The molecular formula is C21H22N8O2. The third-order valence-corrected chi connectivity index (χ3v) is 5.28. The normalized spacial score (nSPS) is 15.6. The van der Waals surface area contributed by atoms with Crippen LogP contribution in [0, 0.1) is 13.8 Å². The monoisotopic (exact) mass is 418 g/mol. The van der Waals surface area contributed by atoms with Crippen molar-refractivity contribution in [3.05, 3.63) is 53.7 Å². The van der Waals surface area contributed by atoms with Gasteiger partial charge in [-0.1, -0.05) is 5.16 Å². The van der Waals surface area contributed by atoms with E-state index in [2.05, 4.69) is 40.5 Å². The van der Waals surface area contributed by atoms with E-state index in [1.165, 1.54) is 0 Å². The van der Waals surface area contributed by atoms with Crippen molar-refractivity contribution in [3.63, 3.8) is 0 Å². The highest BCUT2D eigenvalue weighted by atomic mass is 16.5. The summed E-state index contributed by atoms with van der Waals surface area (Å²) in [5.41, 5.74) is 3.60. The van der Waals surface area contributed by atoms with Gasteiger partial charge in [0.1, 0.15) is 11.5 Å². The lowest BCUT2D eigenvalue weighted by Crippen LogP contribution is -2.42. The van der Waals surface area contributed by atoms with Gasteiger partial charge in [-0.15, -0.1) is 0 Å². The number of nitrogens with one attached hydrogen (secondary N) is 2. The number of aryl methyl sites for hydroxylation is 2. The van der Waals surface area contributed by atoms with Crippen molar-refractivity contribution < 1.29 is 9.26 Å². The molecule has 0 amide bonds. The van der Waals surface area contributed by atoms with Crippen LogP contribution in [0.1, 0.15) is 29.6 Å². The van der Waals surface area contributed by atoms with E-state index < -0.39 is 0 Å². The highest BCUT2D eigenvalue weighted by Crippen LogP contribution is 2.38. The average molecular weight is 418 g/mol. The first-order valence-electron chi connectivity index (χ1n) is 9.98. The molecule has 1 fully saturated rings. The predicted molar refractivity (Wildman–Crippen MR) is 114 cm³/mol. The van der Waals surface area contributed by atoms with Crippen LogP contribution in [0.25, 0.3) is 11.3 Å². The Morgan fingerprint density at radius 3 is 2.81 bits per heavy atom. The number of rotatable bonds is 6. The number of ether oxygens (including phenoxy) is 1. The third-order valence-electron chi connectivity index (χ3n) is 5.28. The van der Waals surface area contributed by atoms with Gasteiger partial charge in [0, 0.05) is 47.9 Å². The molecule has 1 unspecified atom stereocenters. The number of hydrogen-bond acceptors (Lipinski definition) is 9. The lowest BCUT2D eigenvalue weighted by Gasteiger charge is -2.39. The largest absolute Gasteiger partial charge is 0.481 e. The van der Waals surface area contributed by atoms with Crippen molar-refractivity contribution in [2.45, 2.75) is 26.3 Å². The van der Waals surface area contributed by atoms with Gasteiger partial charge in [-0.3, -0.25) is 10.1 Å². The van der Waals surface area contributed by atoms with E-state index in [0.717, 1.165) is 41.4 Å². The van der Waals surface area contributed by atoms with Gasteiger partial charge in [-0.2, -0.15) is 15.1 Å². The zero-order chi connectivity index (χ0) is 21.4. The summed E-state index contributed by atoms with van der Waals surface area (Å²) >= 11 is 0. The minimum atomic E-state index is 0.00538. The number of aromatic amines is 1. The fourth-order valence-electron chi connectivity index (χ4n) is 3.57. The highest BCUT2D eigenvalue weighted by Gasteiger charge is 2.35. The smallest absolute Gasteiger partial charge is 0.231 e. The first-order chi connectivity index (χ1) is 15.1. The summed E-state index contributed by atoms with van der Waals surface area (Å²) in [4.78, 5) is 15.6. The number of hydrogen-bond donors (Lipinski definition) is 2. The first kappa shape index (κ1) is 19.0. The minimum absolute atomic E-state index is 0.00538. The molecule has 1 aliphatic rings. The minimum Gasteiger partial charge on any atom is -0.481 e. The van der Waals surface area contributed by atoms with E-state index in [-0.39, 0.29) is 6.04 Å². The molecule has 0 spiro atoms. The SMILES string of the molecule is COc1cc(Nc2cc(C)[nH]n2)nc(N2CCC2c2cc(-c3cccnc3C)no2)n1. The topological polar surface area (TPSA) is 118 Å². The number of methoxy groups -OCH3 is 1. The van der Waals surface area contributed by atoms with Gasteiger partial charge >= 0.3 is 0 Å². The number of aromatic nitrogens is 6. The molecule has 5 rings (SSSR count). The summed E-state index contributed by atoms with van der Waals surface area (Å²) in [5, 5.41) is 14.5. The highest BCUT2D eigenvalue weighted by molar-refractivity contribution is 5.62. The Labute approximate surface area is 178 Å². The second-order valence-electron chi connectivity index (χ2n) is 7.41. The number of nitrogens with zero attached hydrogens (tertiary/aromatic N) is 6. The Bertz CT molecular complexity index is 1220. The Balaban J connectivity index is 1.41. The van der Waals surface area contributed by atoms with Gasteiger partial charge in [0.05, 0.1) is 13.2 Å². The molecule has 31 heavy (non-hydrogen) atoms. The number of anilines is 3. The molecule has 4 aromatic rings. The van der Waals surface area contributed by atoms with Crippen LogP contribution in [0.15, 0.2) is 41.1 Å². The lowest BCUT2D eigenvalue weighted by molar-refractivity contribution is 0.314. The molecule has 0 bridgehead atoms. The summed E-state index contributed by atoms with van der Waals surface area (Å²) < 4.78 is 11.1. The van der Waals surface area contributed by atoms with Crippen molar-refractivity contribution in [1.82, 2.24) is 30.3 Å². The molecule has 4 aromatic heterocycles. The van der Waals surface area contributed by atoms with Crippen LogP contribution in [0.4, 0.5) is 17.6 Å². The van der Waals surface area contributed by atoms with Crippen molar-refractivity contribution >= 4 is 17.6 Å². The van der Waals surface area contributed by atoms with Gasteiger partial charge in [-0.05, 0) is 32.4 Å². The second kappa shape index (κ2) is 7.71. The molecule has 0 aromatic carbocycles. The molecule has 1 atom stereocenters. The molecule has 1 saturated heterocycles. The number of H-pyrrole nitrogens is 1. The standard InChI is InChI=1S/C21H22N8O2/c1-12-9-19(27-26-12)23-18-11-20(30-3)25-21(24-18)29-8-6-16(29)17-10-15(28-31-17)14-5-4-7-22-13(14)2/h4-5,7,9-11,16H,6,8H2,1-3H3,(H2,23,24,25,26,27). The molecule has 10 heteroatoms. The van der Waals surface area contributed by atoms with Crippen LogP contribution in [0.5, 0.6) is 5.88 Å². The maximum absolute atomic E-state index is 5.68. The van der Waals surface area contributed by atoms with E-state index in [1.807, 2.05) is 38.1 Å². The molecule has 0 saturated carbocycles. The molecular weight excluding hydrogens is 396 g/mol. The van der Waals surface area contributed by atoms with Crippen molar-refractivity contribution in [2.75, 3.05) is 23.9 Å². The van der Waals surface area contributed by atoms with Crippen molar-refractivity contribution in [3.8, 4) is 17.1 Å². The zero-order valence-electron chi connectivity index (χ0n) is 17.5. The summed E-state index contributed by atoms with van der Waals surface area (Å²) in [6.07, 6.45) is 2.69. The van der Waals surface area contributed by atoms with Crippen LogP contribution in [-0.4, -0.2) is 44.0 Å². The Kier molecular flexibility index (Phi) is 4.73. The Morgan fingerprint density at radius 1 is 1.19 bits per heavy atom. The summed E-state index contributed by atoms with van der Waals surface area (Å²) in [7, 11) is 1.58. The molecule has 10 nitrogen and oxygen atoms in total. The van der Waals surface area contributed by atoms with Gasteiger partial charge < -0.3 is 19.5 Å². The van der Waals surface area contributed by atoms with E-state index in [4.69, 9.17) is 9.26 Å². The third kappa shape index (κ3) is 3.67. The van der Waals surface area contributed by atoms with Gasteiger partial charge in [-0.25, -0.2) is 0 Å². The predicted octanol–water partition coefficient (Wildman–Crippen LogP) is 3.57. The number of pyridine rings is 1. The summed E-state index contributed by atoms with van der Waals surface area (Å²) in [5.74, 6) is 3.07. The van der Waals surface area contributed by atoms with Gasteiger partial charge in [0.2, 0.25) is 11.8 Å². The van der Waals surface area contributed by atoms with E-state index in [1.54, 1.807) is 19.4 Å². The van der Waals surface area contributed by atoms with Crippen LogP contribution in [-0.2, 0) is 0 Å². The van der Waals surface area contributed by atoms with Crippen molar-refractivity contribution in [1.29, 1.82) is 0 Å². The van der Waals surface area contributed by atoms with Crippen LogP contribution in [0.2, 0.25) is 0 Å². The Hall–Kier alpha value is -3.95. The van der Waals surface area contributed by atoms with Gasteiger partial charge in [0.15, 0.2) is 11.6 Å². The van der Waals surface area contributed by atoms with E-state index >= 15 is 0 Å². The van der Waals surface area contributed by atoms with E-state index in [0.29, 0.717) is 23.5 Å². The fraction of sp³-hybridized carbons (Fsp3) is 0.286. The summed E-state index contributed by atoms with van der Waals surface area (Å²) in [6, 6.07) is 9.49. The second-order valence-corrected chi connectivity index (χ2v) is 7.41. The maximum Gasteiger partial charge on any atom is 0.231 e. The van der Waals surface area contributed by atoms with E-state index in [9.17, 15) is 0 Å². The first-order valence-corrected chi connectivity index (χ1v) is 9.98. The average Bonchev–Trinajstić information content (AvgIpc) is 3.36. The Morgan fingerprint density at radius 2 is 2.10 bits per heavy atom. The van der Waals surface area contributed by atoms with Crippen LogP contribution in [0.3, 0.4) is 0 Å². The molecule has 0 aliphatic carbocycles. The molecule has 2 N–H and O–H groups in total. The van der Waals surface area contributed by atoms with Crippen molar-refractivity contribution in [2.24, 2.45) is 0 Å². The molecule has 0 radical (unpaired) electrons. The van der Waals surface area contributed by atoms with Gasteiger partial charge in [0.25, 0.3) is 0 Å². The lowest BCUT2D eigenvalue weighted by atomic mass is 10.00. The zero-order valence-corrected chi connectivity index (χ0v) is 17.5. The quantitative estimate of drug-likeness (QED) is 0.484. The molecule has 158 valence electrons. The van der Waals surface area contributed by atoms with Crippen LogP contribution >= 0.6 is 0 Å².